The molecule has 0 saturated heterocycles. The van der Waals surface area contributed by atoms with Gasteiger partial charge in [0.25, 0.3) is 0 Å². The minimum Gasteiger partial charge on any atom is -0.228 e. The highest BCUT2D eigenvalue weighted by atomic mass is 32.1. The van der Waals surface area contributed by atoms with E-state index < -0.39 is 0 Å². The van der Waals surface area contributed by atoms with Crippen molar-refractivity contribution in [3.8, 4) is 67.3 Å². The van der Waals surface area contributed by atoms with E-state index in [9.17, 15) is 0 Å². The standard InChI is InChI=1S/C56H34N2S2/c1-3-16-36(17-4-1)39-32-33-40(37-18-5-2-6-19-37)53(52(39)43-25-13-21-35-20-7-8-22-38(35)43)56-57-48(46-28-14-26-44-41-23-9-11-30-50(41)59-54(44)46)34-49(58-56)47-29-15-27-45-42-24-10-12-31-51(42)60-55(45)47/h1-34H. The van der Waals surface area contributed by atoms with E-state index >= 15 is 0 Å². The number of fused-ring (bicyclic) bond motifs is 7. The Morgan fingerprint density at radius 1 is 0.300 bits per heavy atom. The molecule has 0 unspecified atom stereocenters. The van der Waals surface area contributed by atoms with Gasteiger partial charge in [0.05, 0.1) is 11.4 Å². The molecule has 60 heavy (non-hydrogen) atoms. The highest BCUT2D eigenvalue weighted by Gasteiger charge is 2.25. The van der Waals surface area contributed by atoms with E-state index in [-0.39, 0.29) is 0 Å². The molecule has 12 aromatic rings. The van der Waals surface area contributed by atoms with Gasteiger partial charge in [0, 0.05) is 62.6 Å². The van der Waals surface area contributed by atoms with Crippen LogP contribution in [0.4, 0.5) is 0 Å². The van der Waals surface area contributed by atoms with E-state index in [4.69, 9.17) is 9.97 Å². The Morgan fingerprint density at radius 2 is 0.733 bits per heavy atom. The Hall–Kier alpha value is -7.24. The number of hydrogen-bond acceptors (Lipinski definition) is 4. The first-order chi connectivity index (χ1) is 29.8. The van der Waals surface area contributed by atoms with Crippen molar-refractivity contribution < 1.29 is 0 Å². The second-order valence-electron chi connectivity index (χ2n) is 15.2. The van der Waals surface area contributed by atoms with Crippen molar-refractivity contribution in [2.45, 2.75) is 0 Å². The summed E-state index contributed by atoms with van der Waals surface area (Å²) in [6.07, 6.45) is 0. The highest BCUT2D eigenvalue weighted by Crippen LogP contribution is 2.49. The molecule has 0 N–H and O–H groups in total. The van der Waals surface area contributed by atoms with Crippen molar-refractivity contribution in [3.05, 3.63) is 206 Å². The van der Waals surface area contributed by atoms with Crippen molar-refractivity contribution in [2.24, 2.45) is 0 Å². The summed E-state index contributed by atoms with van der Waals surface area (Å²) in [4.78, 5) is 11.5. The van der Waals surface area contributed by atoms with E-state index in [2.05, 4.69) is 206 Å². The fraction of sp³-hybridized carbons (Fsp3) is 0. The molecule has 0 fully saturated rings. The maximum atomic E-state index is 5.73. The molecule has 2 nitrogen and oxygen atoms in total. The van der Waals surface area contributed by atoms with Gasteiger partial charge < -0.3 is 0 Å². The Bertz CT molecular complexity index is 3460. The van der Waals surface area contributed by atoms with Crippen LogP contribution in [0.15, 0.2) is 206 Å². The largest absolute Gasteiger partial charge is 0.228 e. The lowest BCUT2D eigenvalue weighted by atomic mass is 9.83. The van der Waals surface area contributed by atoms with Gasteiger partial charge in [-0.2, -0.15) is 0 Å². The second kappa shape index (κ2) is 14.2. The lowest BCUT2D eigenvalue weighted by Gasteiger charge is -2.21. The Morgan fingerprint density at radius 3 is 1.32 bits per heavy atom. The summed E-state index contributed by atoms with van der Waals surface area (Å²) in [6, 6.07) is 74.4. The fourth-order valence-electron chi connectivity index (χ4n) is 9.01. The van der Waals surface area contributed by atoms with E-state index in [1.165, 1.54) is 51.1 Å². The normalized spacial score (nSPS) is 11.7. The molecule has 3 aromatic heterocycles. The molecule has 0 bridgehead atoms. The van der Waals surface area contributed by atoms with E-state index in [1.54, 1.807) is 0 Å². The zero-order chi connectivity index (χ0) is 39.6. The van der Waals surface area contributed by atoms with Crippen LogP contribution in [0.2, 0.25) is 0 Å². The van der Waals surface area contributed by atoms with Crippen LogP contribution in [0.1, 0.15) is 0 Å². The lowest BCUT2D eigenvalue weighted by Crippen LogP contribution is -2.01. The molecule has 0 radical (unpaired) electrons. The SMILES string of the molecule is c1ccc(-c2ccc(-c3ccccc3)c(-c3cccc4ccccc34)c2-c2nc(-c3cccc4c3sc3ccccc34)cc(-c3cccc4c3sc3ccccc34)n2)cc1. The molecule has 280 valence electrons. The van der Waals surface area contributed by atoms with Crippen molar-refractivity contribution in [1.29, 1.82) is 0 Å². The van der Waals surface area contributed by atoms with E-state index in [0.717, 1.165) is 61.5 Å². The first kappa shape index (κ1) is 34.8. The average Bonchev–Trinajstić information content (AvgIpc) is 3.90. The van der Waals surface area contributed by atoms with Gasteiger partial charge in [0.2, 0.25) is 0 Å². The molecule has 0 atom stereocenters. The monoisotopic (exact) mass is 798 g/mol. The highest BCUT2D eigenvalue weighted by molar-refractivity contribution is 7.26. The first-order valence-corrected chi connectivity index (χ1v) is 21.9. The molecule has 0 saturated carbocycles. The van der Waals surface area contributed by atoms with Gasteiger partial charge in [0.15, 0.2) is 5.82 Å². The zero-order valence-electron chi connectivity index (χ0n) is 32.3. The van der Waals surface area contributed by atoms with Crippen molar-refractivity contribution >= 4 is 73.8 Å². The van der Waals surface area contributed by atoms with Crippen molar-refractivity contribution in [3.63, 3.8) is 0 Å². The molecule has 0 aliphatic rings. The maximum absolute atomic E-state index is 5.73. The van der Waals surface area contributed by atoms with Crippen LogP contribution in [0.25, 0.3) is 118 Å². The third kappa shape index (κ3) is 5.68. The van der Waals surface area contributed by atoms with Gasteiger partial charge in [-0.3, -0.25) is 0 Å². The summed E-state index contributed by atoms with van der Waals surface area (Å²) in [7, 11) is 0. The predicted octanol–water partition coefficient (Wildman–Crippen LogP) is 16.4. The molecule has 4 heteroatoms. The van der Waals surface area contributed by atoms with Gasteiger partial charge in [-0.05, 0) is 56.8 Å². The lowest BCUT2D eigenvalue weighted by molar-refractivity contribution is 1.19. The molecule has 0 aliphatic carbocycles. The van der Waals surface area contributed by atoms with Crippen LogP contribution >= 0.6 is 22.7 Å². The summed E-state index contributed by atoms with van der Waals surface area (Å²) in [5.74, 6) is 0.693. The molecular formula is C56H34N2S2. The number of aromatic nitrogens is 2. The van der Waals surface area contributed by atoms with Crippen LogP contribution < -0.4 is 0 Å². The van der Waals surface area contributed by atoms with E-state index in [1.807, 2.05) is 22.7 Å². The molecule has 12 rings (SSSR count). The minimum absolute atomic E-state index is 0.693. The zero-order valence-corrected chi connectivity index (χ0v) is 34.0. The quantitative estimate of drug-likeness (QED) is 0.167. The summed E-state index contributed by atoms with van der Waals surface area (Å²) in [6.45, 7) is 0. The molecule has 0 aliphatic heterocycles. The molecular weight excluding hydrogens is 765 g/mol. The molecule has 0 spiro atoms. The van der Waals surface area contributed by atoms with Crippen LogP contribution in [-0.2, 0) is 0 Å². The third-order valence-corrected chi connectivity index (χ3v) is 14.2. The van der Waals surface area contributed by atoms with Gasteiger partial charge in [0.1, 0.15) is 0 Å². The third-order valence-electron chi connectivity index (χ3n) is 11.7. The maximum Gasteiger partial charge on any atom is 0.161 e. The van der Waals surface area contributed by atoms with Crippen LogP contribution in [-0.4, -0.2) is 9.97 Å². The predicted molar refractivity (Wildman–Crippen MR) is 258 cm³/mol. The van der Waals surface area contributed by atoms with Gasteiger partial charge in [-0.15, -0.1) is 22.7 Å². The number of thiophene rings is 2. The molecule has 9 aromatic carbocycles. The Labute approximate surface area is 355 Å². The number of benzene rings is 9. The van der Waals surface area contributed by atoms with Crippen molar-refractivity contribution in [2.75, 3.05) is 0 Å². The summed E-state index contributed by atoms with van der Waals surface area (Å²) in [5, 5.41) is 7.40. The Kier molecular flexibility index (Phi) is 8.25. The fourth-order valence-corrected chi connectivity index (χ4v) is 11.5. The van der Waals surface area contributed by atoms with Crippen LogP contribution in [0.3, 0.4) is 0 Å². The Balaban J connectivity index is 1.24. The summed E-state index contributed by atoms with van der Waals surface area (Å²) >= 11 is 3.67. The first-order valence-electron chi connectivity index (χ1n) is 20.2. The van der Waals surface area contributed by atoms with Crippen molar-refractivity contribution in [1.82, 2.24) is 9.97 Å². The van der Waals surface area contributed by atoms with Gasteiger partial charge in [-0.25, -0.2) is 9.97 Å². The van der Waals surface area contributed by atoms with Crippen LogP contribution in [0, 0.1) is 0 Å². The van der Waals surface area contributed by atoms with Crippen LogP contribution in [0.5, 0.6) is 0 Å². The van der Waals surface area contributed by atoms with Gasteiger partial charge in [-0.1, -0.05) is 188 Å². The topological polar surface area (TPSA) is 25.8 Å². The molecule has 0 amide bonds. The summed E-state index contributed by atoms with van der Waals surface area (Å²) in [5.41, 5.74) is 11.8. The van der Waals surface area contributed by atoms with Gasteiger partial charge >= 0.3 is 0 Å². The number of rotatable bonds is 6. The second-order valence-corrected chi connectivity index (χ2v) is 17.3. The summed E-state index contributed by atoms with van der Waals surface area (Å²) < 4.78 is 4.99. The average molecular weight is 799 g/mol. The number of nitrogens with zero attached hydrogens (tertiary/aromatic N) is 2. The minimum atomic E-state index is 0.693. The number of hydrogen-bond donors (Lipinski definition) is 0. The molecule has 3 heterocycles. The van der Waals surface area contributed by atoms with E-state index in [0.29, 0.717) is 5.82 Å². The smallest absolute Gasteiger partial charge is 0.161 e.